The van der Waals surface area contributed by atoms with Gasteiger partial charge >= 0.3 is 5.97 Å². The van der Waals surface area contributed by atoms with Crippen molar-refractivity contribution in [3.8, 4) is 0 Å². The molecule has 0 N–H and O–H groups in total. The molecule has 1 saturated carbocycles. The maximum absolute atomic E-state index is 13.0. The predicted octanol–water partition coefficient (Wildman–Crippen LogP) is 2.55. The van der Waals surface area contributed by atoms with Gasteiger partial charge in [0.05, 0.1) is 18.7 Å². The maximum atomic E-state index is 13.0. The minimum atomic E-state index is -1.25. The highest BCUT2D eigenvalue weighted by molar-refractivity contribution is 6.22. The van der Waals surface area contributed by atoms with Crippen LogP contribution in [0.2, 0.25) is 0 Å². The quantitative estimate of drug-likeness (QED) is 0.416. The number of esters is 1. The highest BCUT2D eigenvalue weighted by Crippen LogP contribution is 2.45. The number of aryl methyl sites for hydroxylation is 1. The number of Topliss-reactive ketones (excluding diaryl/α,β-unsaturated/α-hetero) is 3. The normalized spacial score (nSPS) is 22.3. The van der Waals surface area contributed by atoms with Crippen LogP contribution in [0.5, 0.6) is 0 Å². The summed E-state index contributed by atoms with van der Waals surface area (Å²) in [6.45, 7) is 5.40. The molecule has 0 aromatic carbocycles. The molecule has 1 aromatic heterocycles. The number of carbonyl (C=O) groups is 4. The minimum absolute atomic E-state index is 0.0850. The average molecular weight is 363 g/mol. The maximum Gasteiger partial charge on any atom is 0.305 e. The van der Waals surface area contributed by atoms with E-state index >= 15 is 0 Å². The topological polar surface area (TPSA) is 104 Å². The van der Waals surface area contributed by atoms with Crippen molar-refractivity contribution < 1.29 is 28.4 Å². The molecule has 7 heteroatoms. The summed E-state index contributed by atoms with van der Waals surface area (Å²) in [5.74, 6) is -3.02. The first-order valence-corrected chi connectivity index (χ1v) is 8.76. The van der Waals surface area contributed by atoms with Crippen LogP contribution < -0.4 is 0 Å². The van der Waals surface area contributed by atoms with Gasteiger partial charge in [-0.25, -0.2) is 0 Å². The van der Waals surface area contributed by atoms with E-state index in [2.05, 4.69) is 9.89 Å². The van der Waals surface area contributed by atoms with Gasteiger partial charge < -0.3 is 9.26 Å². The molecule has 0 spiro atoms. The van der Waals surface area contributed by atoms with E-state index in [0.717, 1.165) is 0 Å². The summed E-state index contributed by atoms with van der Waals surface area (Å²) >= 11 is 0. The molecule has 2 atom stereocenters. The third-order valence-corrected chi connectivity index (χ3v) is 4.84. The Bertz CT molecular complexity index is 717. The molecule has 1 aliphatic carbocycles. The third-order valence-electron chi connectivity index (χ3n) is 4.84. The van der Waals surface area contributed by atoms with Crippen molar-refractivity contribution in [1.82, 2.24) is 5.16 Å². The van der Waals surface area contributed by atoms with Gasteiger partial charge in [-0.2, -0.15) is 0 Å². The zero-order chi connectivity index (χ0) is 19.5. The number of carbonyl (C=O) groups excluding carboxylic acids is 4. The second-order valence-electron chi connectivity index (χ2n) is 7.52. The monoisotopic (exact) mass is 363 g/mol. The van der Waals surface area contributed by atoms with Gasteiger partial charge in [0.15, 0.2) is 17.3 Å². The molecule has 1 aliphatic rings. The Morgan fingerprint density at radius 3 is 2.50 bits per heavy atom. The van der Waals surface area contributed by atoms with Crippen LogP contribution in [0.1, 0.15) is 63.3 Å². The molecule has 142 valence electrons. The van der Waals surface area contributed by atoms with Crippen molar-refractivity contribution in [2.75, 3.05) is 7.11 Å². The first-order chi connectivity index (χ1) is 12.2. The zero-order valence-corrected chi connectivity index (χ0v) is 15.7. The lowest BCUT2D eigenvalue weighted by Crippen LogP contribution is -2.47. The fourth-order valence-electron chi connectivity index (χ4n) is 3.56. The van der Waals surface area contributed by atoms with Crippen LogP contribution in [0.25, 0.3) is 0 Å². The third kappa shape index (κ3) is 4.26. The number of ketones is 3. The lowest BCUT2D eigenvalue weighted by atomic mass is 9.62. The molecule has 0 radical (unpaired) electrons. The fraction of sp³-hybridized carbons (Fsp3) is 0.632. The smallest absolute Gasteiger partial charge is 0.305 e. The lowest BCUT2D eigenvalue weighted by molar-refractivity contribution is -0.147. The Kier molecular flexibility index (Phi) is 6.10. The molecule has 2 rings (SSSR count). The van der Waals surface area contributed by atoms with E-state index < -0.39 is 23.0 Å². The first kappa shape index (κ1) is 20.0. The van der Waals surface area contributed by atoms with Gasteiger partial charge in [0.2, 0.25) is 0 Å². The Morgan fingerprint density at radius 1 is 1.27 bits per heavy atom. The molecule has 0 saturated heterocycles. The summed E-state index contributed by atoms with van der Waals surface area (Å²) in [6, 6.07) is 1.68. The SMILES string of the molecule is COC(=O)CCCCC(=O)C1C(=O)CC(C)(C)C(c2cc(C)no2)C1=O. The fourth-order valence-corrected chi connectivity index (χ4v) is 3.56. The van der Waals surface area contributed by atoms with Gasteiger partial charge in [0.1, 0.15) is 11.7 Å². The lowest BCUT2D eigenvalue weighted by Gasteiger charge is -2.38. The average Bonchev–Trinajstić information content (AvgIpc) is 2.95. The Hall–Kier alpha value is -2.31. The molecule has 0 aliphatic heterocycles. The molecule has 2 unspecified atom stereocenters. The van der Waals surface area contributed by atoms with E-state index in [-0.39, 0.29) is 36.8 Å². The summed E-state index contributed by atoms with van der Waals surface area (Å²) in [6.07, 6.45) is 1.33. The van der Waals surface area contributed by atoms with Gasteiger partial charge in [0.25, 0.3) is 0 Å². The number of aromatic nitrogens is 1. The van der Waals surface area contributed by atoms with E-state index in [1.165, 1.54) is 7.11 Å². The van der Waals surface area contributed by atoms with Crippen LogP contribution in [0.4, 0.5) is 0 Å². The van der Waals surface area contributed by atoms with Crippen LogP contribution in [0.3, 0.4) is 0 Å². The Balaban J connectivity index is 2.10. The molecule has 1 aromatic rings. The van der Waals surface area contributed by atoms with E-state index in [0.29, 0.717) is 24.3 Å². The highest BCUT2D eigenvalue weighted by Gasteiger charge is 2.52. The Morgan fingerprint density at radius 2 is 1.92 bits per heavy atom. The molecule has 1 heterocycles. The van der Waals surface area contributed by atoms with Gasteiger partial charge in [-0.15, -0.1) is 0 Å². The van der Waals surface area contributed by atoms with Gasteiger partial charge in [-0.1, -0.05) is 19.0 Å². The van der Waals surface area contributed by atoms with Crippen LogP contribution in [0.15, 0.2) is 10.6 Å². The standard InChI is InChI=1S/C19H25NO6/c1-11-9-14(26-20-11)17-18(24)16(13(22)10-19(17,2)3)12(21)7-5-6-8-15(23)25-4/h9,16-17H,5-8,10H2,1-4H3. The molecule has 0 bridgehead atoms. The second-order valence-corrected chi connectivity index (χ2v) is 7.52. The van der Waals surface area contributed by atoms with Crippen LogP contribution >= 0.6 is 0 Å². The molecule has 7 nitrogen and oxygen atoms in total. The van der Waals surface area contributed by atoms with Crippen LogP contribution in [-0.4, -0.2) is 35.6 Å². The van der Waals surface area contributed by atoms with Crippen molar-refractivity contribution >= 4 is 23.3 Å². The highest BCUT2D eigenvalue weighted by atomic mass is 16.5. The second kappa shape index (κ2) is 7.93. The summed E-state index contributed by atoms with van der Waals surface area (Å²) in [5.41, 5.74) is 0.00752. The number of hydrogen-bond acceptors (Lipinski definition) is 7. The van der Waals surface area contributed by atoms with Crippen molar-refractivity contribution in [3.05, 3.63) is 17.5 Å². The van der Waals surface area contributed by atoms with E-state index in [4.69, 9.17) is 4.52 Å². The van der Waals surface area contributed by atoms with Crippen molar-refractivity contribution in [3.63, 3.8) is 0 Å². The summed E-state index contributed by atoms with van der Waals surface area (Å²) in [4.78, 5) is 49.1. The number of rotatable bonds is 7. The molecular formula is C19H25NO6. The first-order valence-electron chi connectivity index (χ1n) is 8.76. The zero-order valence-electron chi connectivity index (χ0n) is 15.7. The summed E-state index contributed by atoms with van der Waals surface area (Å²) in [7, 11) is 1.31. The van der Waals surface area contributed by atoms with Crippen LogP contribution in [0, 0.1) is 18.3 Å². The largest absolute Gasteiger partial charge is 0.469 e. The predicted molar refractivity (Wildman–Crippen MR) is 91.4 cm³/mol. The number of ether oxygens (including phenoxy) is 1. The number of unbranched alkanes of at least 4 members (excludes halogenated alkanes) is 1. The van der Waals surface area contributed by atoms with Crippen molar-refractivity contribution in [2.45, 2.75) is 58.8 Å². The minimum Gasteiger partial charge on any atom is -0.469 e. The molecule has 0 amide bonds. The number of nitrogens with zero attached hydrogens (tertiary/aromatic N) is 1. The number of methoxy groups -OCH3 is 1. The van der Waals surface area contributed by atoms with Gasteiger partial charge in [0, 0.05) is 25.3 Å². The molecule has 1 fully saturated rings. The van der Waals surface area contributed by atoms with Crippen LogP contribution in [-0.2, 0) is 23.9 Å². The Labute approximate surface area is 152 Å². The molecular weight excluding hydrogens is 338 g/mol. The van der Waals surface area contributed by atoms with E-state index in [1.54, 1.807) is 13.0 Å². The van der Waals surface area contributed by atoms with Crippen molar-refractivity contribution in [2.24, 2.45) is 11.3 Å². The number of hydrogen-bond donors (Lipinski definition) is 0. The van der Waals surface area contributed by atoms with Gasteiger partial charge in [-0.05, 0) is 25.2 Å². The summed E-state index contributed by atoms with van der Waals surface area (Å²) < 4.78 is 9.81. The van der Waals surface area contributed by atoms with E-state index in [9.17, 15) is 19.2 Å². The van der Waals surface area contributed by atoms with Crippen molar-refractivity contribution in [1.29, 1.82) is 0 Å². The van der Waals surface area contributed by atoms with Gasteiger partial charge in [-0.3, -0.25) is 19.2 Å². The molecule has 26 heavy (non-hydrogen) atoms. The van der Waals surface area contributed by atoms with E-state index in [1.807, 2.05) is 13.8 Å². The summed E-state index contributed by atoms with van der Waals surface area (Å²) in [5, 5.41) is 3.83.